The number of carbonyl (C=O) groups excluding carboxylic acids is 1. The molecule has 1 amide bonds. The molecule has 0 saturated heterocycles. The second-order valence-corrected chi connectivity index (χ2v) is 8.10. The number of hydrogen-bond acceptors (Lipinski definition) is 5. The van der Waals surface area contributed by atoms with Crippen molar-refractivity contribution in [1.82, 2.24) is 10.6 Å². The van der Waals surface area contributed by atoms with E-state index in [1.54, 1.807) is 0 Å². The third kappa shape index (κ3) is 5.15. The molecule has 0 aromatic rings. The van der Waals surface area contributed by atoms with E-state index in [9.17, 15) is 20.0 Å². The van der Waals surface area contributed by atoms with Gasteiger partial charge in [0.05, 0.1) is 0 Å². The molecule has 0 aromatic heterocycles. The molecule has 2 saturated carbocycles. The maximum absolute atomic E-state index is 12.2. The van der Waals surface area contributed by atoms with E-state index in [2.05, 4.69) is 17.6 Å². The van der Waals surface area contributed by atoms with Gasteiger partial charge in [-0.2, -0.15) is 17.0 Å². The molecule has 2 rings (SSSR count). The molecular weight excluding hydrogens is 338 g/mol. The number of rotatable bonds is 9. The lowest BCUT2D eigenvalue weighted by molar-refractivity contribution is -0.141. The lowest BCUT2D eigenvalue weighted by atomic mass is 9.84. The van der Waals surface area contributed by atoms with E-state index in [1.165, 1.54) is 43.6 Å². The first-order valence-electron chi connectivity index (χ1n) is 8.85. The molecule has 2 aliphatic carbocycles. The van der Waals surface area contributed by atoms with Crippen LogP contribution in [0.1, 0.15) is 39.0 Å². The molecule has 5 unspecified atom stereocenters. The predicted molar refractivity (Wildman–Crippen MR) is 97.8 cm³/mol. The maximum Gasteiger partial charge on any atom is 0.326 e. The highest BCUT2D eigenvalue weighted by Gasteiger charge is 2.41. The third-order valence-electron chi connectivity index (χ3n) is 5.50. The zero-order valence-electron chi connectivity index (χ0n) is 14.8. The molecule has 5 atom stereocenters. The summed E-state index contributed by atoms with van der Waals surface area (Å²) in [6.45, 7) is 2.09. The summed E-state index contributed by atoms with van der Waals surface area (Å²) in [5.41, 5.74) is -0.0783. The van der Waals surface area contributed by atoms with Crippen molar-refractivity contribution in [1.29, 1.82) is 5.26 Å². The molecule has 0 radical (unpaired) electrons. The Morgan fingerprint density at radius 1 is 1.40 bits per heavy atom. The van der Waals surface area contributed by atoms with Gasteiger partial charge in [0.1, 0.15) is 17.7 Å². The van der Waals surface area contributed by atoms with Gasteiger partial charge in [-0.3, -0.25) is 4.79 Å². The Labute approximate surface area is 153 Å². The largest absolute Gasteiger partial charge is 0.480 e. The maximum atomic E-state index is 12.2. The summed E-state index contributed by atoms with van der Waals surface area (Å²) in [7, 11) is 0. The van der Waals surface area contributed by atoms with Gasteiger partial charge in [0.15, 0.2) is 0 Å². The zero-order valence-corrected chi connectivity index (χ0v) is 15.6. The first-order chi connectivity index (χ1) is 12.0. The summed E-state index contributed by atoms with van der Waals surface area (Å²) in [5, 5.41) is 24.1. The molecule has 3 N–H and O–H groups in total. The molecule has 138 valence electrons. The van der Waals surface area contributed by atoms with E-state index in [-0.39, 0.29) is 11.6 Å². The Morgan fingerprint density at radius 2 is 2.16 bits per heavy atom. The van der Waals surface area contributed by atoms with Crippen LogP contribution in [0.5, 0.6) is 0 Å². The lowest BCUT2D eigenvalue weighted by Crippen LogP contribution is -2.42. The van der Waals surface area contributed by atoms with E-state index in [0.29, 0.717) is 18.1 Å². The van der Waals surface area contributed by atoms with Crippen molar-refractivity contribution in [2.45, 2.75) is 51.1 Å². The van der Waals surface area contributed by atoms with Gasteiger partial charge in [-0.25, -0.2) is 4.79 Å². The Balaban J connectivity index is 1.90. The Bertz CT molecular complexity index is 572. The fourth-order valence-corrected chi connectivity index (χ4v) is 4.59. The fraction of sp³-hybridized carbons (Fsp3) is 0.722. The van der Waals surface area contributed by atoms with Crippen LogP contribution in [-0.2, 0) is 9.59 Å². The van der Waals surface area contributed by atoms with Gasteiger partial charge in [0, 0.05) is 12.2 Å². The second-order valence-electron chi connectivity index (χ2n) is 7.11. The van der Waals surface area contributed by atoms with Gasteiger partial charge < -0.3 is 15.7 Å². The number of carboxylic acids is 1. The van der Waals surface area contributed by atoms with Crippen molar-refractivity contribution in [3.63, 3.8) is 0 Å². The summed E-state index contributed by atoms with van der Waals surface area (Å²) in [6, 6.07) is 1.10. The average molecular weight is 365 g/mol. The smallest absolute Gasteiger partial charge is 0.326 e. The summed E-state index contributed by atoms with van der Waals surface area (Å²) < 4.78 is 0. The molecule has 2 fully saturated rings. The van der Waals surface area contributed by atoms with Crippen LogP contribution in [0.25, 0.3) is 0 Å². The molecular formula is C18H27N3O3S. The fourth-order valence-electron chi connectivity index (χ4n) is 4.12. The number of fused-ring (bicyclic) bond motifs is 2. The number of nitriles is 1. The summed E-state index contributed by atoms with van der Waals surface area (Å²) in [5.74, 6) is 1.10. The normalized spacial score (nSPS) is 27.4. The SMILES string of the molecule is CSCCC(NC(=O)/C(C#N)=C\NC(C)C1CC2CCC1C2)C(=O)O. The van der Waals surface area contributed by atoms with E-state index < -0.39 is 17.9 Å². The van der Waals surface area contributed by atoms with Crippen LogP contribution in [-0.4, -0.2) is 41.1 Å². The van der Waals surface area contributed by atoms with Gasteiger partial charge in [0.25, 0.3) is 5.91 Å². The predicted octanol–water partition coefficient (Wildman–Crippen LogP) is 2.13. The first kappa shape index (κ1) is 19.6. The van der Waals surface area contributed by atoms with Crippen molar-refractivity contribution in [3.8, 4) is 6.07 Å². The van der Waals surface area contributed by atoms with Crippen LogP contribution in [0.3, 0.4) is 0 Å². The van der Waals surface area contributed by atoms with Crippen molar-refractivity contribution in [3.05, 3.63) is 11.8 Å². The van der Waals surface area contributed by atoms with Crippen LogP contribution in [0.15, 0.2) is 11.8 Å². The summed E-state index contributed by atoms with van der Waals surface area (Å²) in [4.78, 5) is 23.4. The number of nitrogens with one attached hydrogen (secondary N) is 2. The Kier molecular flexibility index (Phi) is 7.18. The minimum Gasteiger partial charge on any atom is -0.480 e. The van der Waals surface area contributed by atoms with E-state index in [4.69, 9.17) is 0 Å². The van der Waals surface area contributed by atoms with E-state index >= 15 is 0 Å². The van der Waals surface area contributed by atoms with Crippen molar-refractivity contribution in [2.24, 2.45) is 17.8 Å². The Morgan fingerprint density at radius 3 is 2.68 bits per heavy atom. The lowest BCUT2D eigenvalue weighted by Gasteiger charge is -2.28. The van der Waals surface area contributed by atoms with Gasteiger partial charge in [-0.1, -0.05) is 6.42 Å². The number of amides is 1. The van der Waals surface area contributed by atoms with Gasteiger partial charge in [-0.15, -0.1) is 0 Å². The molecule has 0 aromatic carbocycles. The molecule has 7 heteroatoms. The molecule has 0 spiro atoms. The second kappa shape index (κ2) is 9.14. The standard InChI is InChI=1S/C18H27N3O3S/c1-11(15-8-12-3-4-13(15)7-12)20-10-14(9-19)17(22)21-16(18(23)24)5-6-25-2/h10-13,15-16,20H,3-8H2,1-2H3,(H,21,22)(H,23,24)/b14-10-. The summed E-state index contributed by atoms with van der Waals surface area (Å²) >= 11 is 1.52. The van der Waals surface area contributed by atoms with Crippen LogP contribution in [0.4, 0.5) is 0 Å². The highest BCUT2D eigenvalue weighted by Crippen LogP contribution is 2.49. The monoisotopic (exact) mass is 365 g/mol. The third-order valence-corrected chi connectivity index (χ3v) is 6.15. The molecule has 2 bridgehead atoms. The van der Waals surface area contributed by atoms with E-state index in [1.807, 2.05) is 12.3 Å². The first-order valence-corrected chi connectivity index (χ1v) is 10.2. The van der Waals surface area contributed by atoms with Crippen molar-refractivity contribution >= 4 is 23.6 Å². The average Bonchev–Trinajstić information content (AvgIpc) is 3.21. The highest BCUT2D eigenvalue weighted by molar-refractivity contribution is 7.98. The highest BCUT2D eigenvalue weighted by atomic mass is 32.2. The van der Waals surface area contributed by atoms with Crippen molar-refractivity contribution in [2.75, 3.05) is 12.0 Å². The minimum absolute atomic E-state index is 0.0783. The molecule has 25 heavy (non-hydrogen) atoms. The molecule has 6 nitrogen and oxygen atoms in total. The van der Waals surface area contributed by atoms with Crippen molar-refractivity contribution < 1.29 is 14.7 Å². The number of nitrogens with zero attached hydrogens (tertiary/aromatic N) is 1. The Hall–Kier alpha value is -1.68. The topological polar surface area (TPSA) is 102 Å². The van der Waals surface area contributed by atoms with Gasteiger partial charge in [0.2, 0.25) is 0 Å². The molecule has 0 aliphatic heterocycles. The number of carbonyl (C=O) groups is 2. The van der Waals surface area contributed by atoms with E-state index in [0.717, 1.165) is 11.8 Å². The van der Waals surface area contributed by atoms with Crippen LogP contribution >= 0.6 is 11.8 Å². The number of hydrogen-bond donors (Lipinski definition) is 3. The number of aliphatic carboxylic acids is 1. The summed E-state index contributed by atoms with van der Waals surface area (Å²) in [6.07, 6.45) is 8.80. The molecule has 2 aliphatic rings. The van der Waals surface area contributed by atoms with Crippen LogP contribution in [0, 0.1) is 29.1 Å². The van der Waals surface area contributed by atoms with Crippen LogP contribution < -0.4 is 10.6 Å². The zero-order chi connectivity index (χ0) is 18.4. The van der Waals surface area contributed by atoms with Gasteiger partial charge in [-0.05, 0) is 62.4 Å². The molecule has 0 heterocycles. The quantitative estimate of drug-likeness (QED) is 0.427. The minimum atomic E-state index is -1.08. The van der Waals surface area contributed by atoms with Crippen LogP contribution in [0.2, 0.25) is 0 Å². The van der Waals surface area contributed by atoms with Gasteiger partial charge >= 0.3 is 5.97 Å². The number of thioether (sulfide) groups is 1. The number of carboxylic acid groups (broad SMARTS) is 1.